The van der Waals surface area contributed by atoms with Gasteiger partial charge in [0.05, 0.1) is 5.69 Å². The van der Waals surface area contributed by atoms with E-state index in [1.165, 1.54) is 25.1 Å². The smallest absolute Gasteiger partial charge is 0.0510 e. The number of thiophene rings is 1. The van der Waals surface area contributed by atoms with Crippen LogP contribution in [0.4, 0.5) is 5.69 Å². The van der Waals surface area contributed by atoms with Gasteiger partial charge in [-0.05, 0) is 31.7 Å². The lowest BCUT2D eigenvalue weighted by atomic mass is 10.1. The summed E-state index contributed by atoms with van der Waals surface area (Å²) in [6, 6.07) is 2.41. The molecule has 1 aliphatic rings. The molecule has 0 fully saturated rings. The first-order chi connectivity index (χ1) is 6.72. The van der Waals surface area contributed by atoms with Crippen molar-refractivity contribution in [1.82, 2.24) is 0 Å². The molecule has 0 radical (unpaired) electrons. The van der Waals surface area contributed by atoms with Crippen LogP contribution in [-0.2, 0) is 6.42 Å². The molecule has 1 aromatic heterocycles. The maximum Gasteiger partial charge on any atom is 0.0510 e. The second-order valence-electron chi connectivity index (χ2n) is 4.30. The van der Waals surface area contributed by atoms with Crippen molar-refractivity contribution in [2.24, 2.45) is 0 Å². The number of fused-ring (bicyclic) bond motifs is 1. The Kier molecular flexibility index (Phi) is 2.82. The van der Waals surface area contributed by atoms with Gasteiger partial charge in [-0.15, -0.1) is 11.3 Å². The van der Waals surface area contributed by atoms with E-state index in [0.717, 1.165) is 6.54 Å². The second-order valence-corrected chi connectivity index (χ2v) is 5.46. The normalized spacial score (nSPS) is 16.1. The summed E-state index contributed by atoms with van der Waals surface area (Å²) in [7, 11) is 0. The van der Waals surface area contributed by atoms with E-state index < -0.39 is 0 Å². The Labute approximate surface area is 90.7 Å². The zero-order valence-electron chi connectivity index (χ0n) is 9.34. The molecule has 2 rings (SSSR count). The molecule has 78 valence electrons. The Morgan fingerprint density at radius 2 is 2.29 bits per heavy atom. The molecule has 0 atom stereocenters. The largest absolute Gasteiger partial charge is 0.371 e. The van der Waals surface area contributed by atoms with Crippen LogP contribution in [0.1, 0.15) is 42.9 Å². The maximum absolute atomic E-state index is 2.52. The first-order valence-electron chi connectivity index (χ1n) is 5.60. The lowest BCUT2D eigenvalue weighted by Gasteiger charge is -2.27. The minimum Gasteiger partial charge on any atom is -0.371 e. The summed E-state index contributed by atoms with van der Waals surface area (Å²) in [5.74, 6) is 0.685. The molecule has 0 amide bonds. The zero-order valence-corrected chi connectivity index (χ0v) is 10.2. The van der Waals surface area contributed by atoms with Crippen LogP contribution in [0.15, 0.2) is 6.07 Å². The molecule has 0 aliphatic carbocycles. The fourth-order valence-electron chi connectivity index (χ4n) is 2.05. The Morgan fingerprint density at radius 3 is 2.93 bits per heavy atom. The van der Waals surface area contributed by atoms with Crippen molar-refractivity contribution >= 4 is 17.0 Å². The van der Waals surface area contributed by atoms with Crippen LogP contribution in [-0.4, -0.2) is 13.1 Å². The van der Waals surface area contributed by atoms with Gasteiger partial charge in [-0.25, -0.2) is 0 Å². The molecular formula is C12H19NS. The Bertz CT molecular complexity index is 314. The van der Waals surface area contributed by atoms with Crippen LogP contribution in [0.5, 0.6) is 0 Å². The van der Waals surface area contributed by atoms with Crippen molar-refractivity contribution in [3.63, 3.8) is 0 Å². The van der Waals surface area contributed by atoms with E-state index in [4.69, 9.17) is 0 Å². The first-order valence-corrected chi connectivity index (χ1v) is 6.41. The summed E-state index contributed by atoms with van der Waals surface area (Å²) < 4.78 is 0. The fourth-order valence-corrected chi connectivity index (χ4v) is 3.28. The number of hydrogen-bond donors (Lipinski definition) is 0. The van der Waals surface area contributed by atoms with Gasteiger partial charge in [0.2, 0.25) is 0 Å². The van der Waals surface area contributed by atoms with Crippen molar-refractivity contribution in [2.45, 2.75) is 39.5 Å². The zero-order chi connectivity index (χ0) is 10.1. The molecule has 0 saturated heterocycles. The van der Waals surface area contributed by atoms with Crippen molar-refractivity contribution in [3.8, 4) is 0 Å². The highest BCUT2D eigenvalue weighted by Gasteiger charge is 2.19. The quantitative estimate of drug-likeness (QED) is 0.718. The summed E-state index contributed by atoms with van der Waals surface area (Å²) in [4.78, 5) is 5.68. The van der Waals surface area contributed by atoms with Crippen LogP contribution in [0.3, 0.4) is 0 Å². The molecule has 0 spiro atoms. The number of hydrogen-bond acceptors (Lipinski definition) is 2. The summed E-state index contributed by atoms with van der Waals surface area (Å²) in [6.45, 7) is 9.22. The number of nitrogens with zero attached hydrogens (tertiary/aromatic N) is 1. The van der Waals surface area contributed by atoms with Gasteiger partial charge < -0.3 is 4.90 Å². The monoisotopic (exact) mass is 209 g/mol. The molecule has 0 unspecified atom stereocenters. The van der Waals surface area contributed by atoms with E-state index in [0.29, 0.717) is 5.92 Å². The molecule has 0 N–H and O–H groups in total. The summed E-state index contributed by atoms with van der Waals surface area (Å²) in [6.07, 6.45) is 2.63. The average Bonchev–Trinajstić information content (AvgIpc) is 2.60. The highest BCUT2D eigenvalue weighted by atomic mass is 32.1. The third kappa shape index (κ3) is 1.68. The maximum atomic E-state index is 2.52. The topological polar surface area (TPSA) is 3.24 Å². The van der Waals surface area contributed by atoms with Crippen LogP contribution in [0.2, 0.25) is 0 Å². The molecular weight excluding hydrogens is 190 g/mol. The van der Waals surface area contributed by atoms with Crippen molar-refractivity contribution in [3.05, 3.63) is 15.8 Å². The summed E-state index contributed by atoms with van der Waals surface area (Å²) in [5, 5.41) is 0. The molecule has 2 heteroatoms. The highest BCUT2D eigenvalue weighted by molar-refractivity contribution is 7.12. The Morgan fingerprint density at radius 1 is 1.50 bits per heavy atom. The highest BCUT2D eigenvalue weighted by Crippen LogP contribution is 2.37. The molecule has 0 saturated carbocycles. The van der Waals surface area contributed by atoms with Crippen LogP contribution < -0.4 is 4.90 Å². The van der Waals surface area contributed by atoms with E-state index in [-0.39, 0.29) is 0 Å². The molecule has 1 aliphatic heterocycles. The van der Waals surface area contributed by atoms with Crippen molar-refractivity contribution in [2.75, 3.05) is 18.0 Å². The van der Waals surface area contributed by atoms with Gasteiger partial charge in [-0.3, -0.25) is 0 Å². The van der Waals surface area contributed by atoms with Gasteiger partial charge in [0.15, 0.2) is 0 Å². The lowest BCUT2D eigenvalue weighted by Crippen LogP contribution is -2.27. The van der Waals surface area contributed by atoms with Gasteiger partial charge in [-0.1, -0.05) is 13.8 Å². The van der Waals surface area contributed by atoms with Crippen LogP contribution >= 0.6 is 11.3 Å². The van der Waals surface area contributed by atoms with Gasteiger partial charge in [-0.2, -0.15) is 0 Å². The van der Waals surface area contributed by atoms with Gasteiger partial charge >= 0.3 is 0 Å². The van der Waals surface area contributed by atoms with E-state index in [1.54, 1.807) is 9.75 Å². The Balaban J connectivity index is 2.33. The van der Waals surface area contributed by atoms with E-state index >= 15 is 0 Å². The van der Waals surface area contributed by atoms with Gasteiger partial charge in [0.1, 0.15) is 0 Å². The SMILES string of the molecule is CCN1CCCc2sc(C(C)C)cc21. The summed E-state index contributed by atoms with van der Waals surface area (Å²) >= 11 is 2.02. The molecule has 2 heterocycles. The van der Waals surface area contributed by atoms with Crippen LogP contribution in [0.25, 0.3) is 0 Å². The van der Waals surface area contributed by atoms with E-state index in [9.17, 15) is 0 Å². The van der Waals surface area contributed by atoms with E-state index in [2.05, 4.69) is 31.7 Å². The third-order valence-corrected chi connectivity index (χ3v) is 4.41. The lowest BCUT2D eigenvalue weighted by molar-refractivity contribution is 0.717. The molecule has 0 bridgehead atoms. The Hall–Kier alpha value is -0.500. The second kappa shape index (κ2) is 3.93. The van der Waals surface area contributed by atoms with Crippen molar-refractivity contribution in [1.29, 1.82) is 0 Å². The predicted octanol–water partition coefficient (Wildman–Crippen LogP) is 3.64. The third-order valence-electron chi connectivity index (χ3n) is 2.93. The van der Waals surface area contributed by atoms with Crippen LogP contribution in [0, 0.1) is 0 Å². The molecule has 0 aromatic carbocycles. The van der Waals surface area contributed by atoms with Gasteiger partial charge in [0, 0.05) is 22.8 Å². The number of rotatable bonds is 2. The molecule has 1 nitrogen and oxygen atoms in total. The fraction of sp³-hybridized carbons (Fsp3) is 0.667. The van der Waals surface area contributed by atoms with Gasteiger partial charge in [0.25, 0.3) is 0 Å². The standard InChI is InChI=1S/C12H19NS/c1-4-13-7-5-6-11-10(13)8-12(14-11)9(2)3/h8-9H,4-7H2,1-3H3. The first kappa shape index (κ1) is 10.0. The number of aryl methyl sites for hydroxylation is 1. The number of anilines is 1. The summed E-state index contributed by atoms with van der Waals surface area (Å²) in [5.41, 5.74) is 1.52. The molecule has 14 heavy (non-hydrogen) atoms. The van der Waals surface area contributed by atoms with Crippen molar-refractivity contribution < 1.29 is 0 Å². The molecule has 1 aromatic rings. The minimum atomic E-state index is 0.685. The average molecular weight is 209 g/mol. The minimum absolute atomic E-state index is 0.685. The predicted molar refractivity (Wildman–Crippen MR) is 64.6 cm³/mol. The van der Waals surface area contributed by atoms with E-state index in [1.807, 2.05) is 11.3 Å².